The number of likely N-dealkylation sites (N-methyl/N-ethyl adjacent to an activating group) is 2. The van der Waals surface area contributed by atoms with Gasteiger partial charge in [-0.3, -0.25) is 9.88 Å². The molecule has 1 unspecified atom stereocenters. The van der Waals surface area contributed by atoms with Crippen LogP contribution in [-0.4, -0.2) is 87.1 Å². The van der Waals surface area contributed by atoms with Gasteiger partial charge < -0.3 is 15.1 Å². The maximum absolute atomic E-state index is 4.38. The molecule has 1 aromatic heterocycles. The minimum Gasteiger partial charge on any atom is -0.311 e. The predicted octanol–water partition coefficient (Wildman–Crippen LogP) is 0.985. The Kier molecular flexibility index (Phi) is 9.24. The van der Waals surface area contributed by atoms with Gasteiger partial charge >= 0.3 is 0 Å². The smallest absolute Gasteiger partial charge is 0.0543 e. The van der Waals surface area contributed by atoms with Crippen LogP contribution in [0.15, 0.2) is 24.4 Å². The van der Waals surface area contributed by atoms with Crippen molar-refractivity contribution in [3.8, 4) is 0 Å². The zero-order chi connectivity index (χ0) is 16.4. The molecule has 5 heteroatoms. The Balaban J connectivity index is 2.28. The van der Waals surface area contributed by atoms with Gasteiger partial charge in [0.05, 0.1) is 5.69 Å². The lowest BCUT2D eigenvalue weighted by atomic mass is 10.2. The molecule has 0 saturated heterocycles. The molecule has 0 spiro atoms. The van der Waals surface area contributed by atoms with E-state index < -0.39 is 0 Å². The minimum absolute atomic E-state index is 0.542. The third-order valence-electron chi connectivity index (χ3n) is 3.59. The topological polar surface area (TPSA) is 34.6 Å². The van der Waals surface area contributed by atoms with Crippen LogP contribution < -0.4 is 5.32 Å². The Morgan fingerprint density at radius 2 is 1.82 bits per heavy atom. The van der Waals surface area contributed by atoms with Gasteiger partial charge in [0.1, 0.15) is 0 Å². The van der Waals surface area contributed by atoms with E-state index in [1.807, 2.05) is 18.3 Å². The van der Waals surface area contributed by atoms with E-state index in [1.165, 1.54) is 6.42 Å². The van der Waals surface area contributed by atoms with Crippen LogP contribution in [0.3, 0.4) is 0 Å². The van der Waals surface area contributed by atoms with Gasteiger partial charge in [-0.15, -0.1) is 0 Å². The van der Waals surface area contributed by atoms with Crippen LogP contribution in [0.2, 0.25) is 0 Å². The van der Waals surface area contributed by atoms with E-state index in [2.05, 4.69) is 66.3 Å². The van der Waals surface area contributed by atoms with Gasteiger partial charge in [-0.25, -0.2) is 0 Å². The number of nitrogens with zero attached hydrogens (tertiary/aromatic N) is 4. The molecule has 0 amide bonds. The Hall–Kier alpha value is -1.01. The molecular formula is C17H33N5. The molecule has 0 bridgehead atoms. The zero-order valence-corrected chi connectivity index (χ0v) is 14.9. The molecule has 1 N–H and O–H groups in total. The Morgan fingerprint density at radius 1 is 1.05 bits per heavy atom. The van der Waals surface area contributed by atoms with Crippen molar-refractivity contribution in [2.75, 3.05) is 61.4 Å². The lowest BCUT2D eigenvalue weighted by molar-refractivity contribution is 0.273. The molecule has 126 valence electrons. The van der Waals surface area contributed by atoms with E-state index >= 15 is 0 Å². The lowest BCUT2D eigenvalue weighted by Crippen LogP contribution is -2.43. The second kappa shape index (κ2) is 10.7. The molecule has 0 radical (unpaired) electrons. The van der Waals surface area contributed by atoms with Crippen molar-refractivity contribution >= 4 is 0 Å². The van der Waals surface area contributed by atoms with Crippen molar-refractivity contribution in [2.24, 2.45) is 0 Å². The monoisotopic (exact) mass is 307 g/mol. The molecule has 0 fully saturated rings. The van der Waals surface area contributed by atoms with Crippen LogP contribution in [0, 0.1) is 0 Å². The lowest BCUT2D eigenvalue weighted by Gasteiger charge is -2.25. The van der Waals surface area contributed by atoms with Crippen LogP contribution in [0.5, 0.6) is 0 Å². The molecule has 1 heterocycles. The highest BCUT2D eigenvalue weighted by Gasteiger charge is 2.10. The summed E-state index contributed by atoms with van der Waals surface area (Å²) in [4.78, 5) is 11.2. The third kappa shape index (κ3) is 9.10. The number of aromatic nitrogens is 1. The number of hydrogen-bond donors (Lipinski definition) is 1. The fraction of sp³-hybridized carbons (Fsp3) is 0.706. The average molecular weight is 307 g/mol. The van der Waals surface area contributed by atoms with Crippen LogP contribution in [-0.2, 0) is 6.54 Å². The number of nitrogens with one attached hydrogen (secondary N) is 1. The van der Waals surface area contributed by atoms with Crippen LogP contribution in [0.4, 0.5) is 0 Å². The molecular weight excluding hydrogens is 274 g/mol. The summed E-state index contributed by atoms with van der Waals surface area (Å²) < 4.78 is 0. The fourth-order valence-corrected chi connectivity index (χ4v) is 2.42. The van der Waals surface area contributed by atoms with Crippen LogP contribution in [0.1, 0.15) is 12.1 Å². The molecule has 0 aliphatic rings. The highest BCUT2D eigenvalue weighted by atomic mass is 15.1. The second-order valence-electron chi connectivity index (χ2n) is 6.56. The van der Waals surface area contributed by atoms with Crippen molar-refractivity contribution in [1.29, 1.82) is 0 Å². The van der Waals surface area contributed by atoms with Crippen molar-refractivity contribution in [2.45, 2.75) is 19.0 Å². The van der Waals surface area contributed by atoms with E-state index in [0.29, 0.717) is 6.04 Å². The standard InChI is InChI=1S/C17H33N5/c1-20(2)12-9-17(14-21(3)4)19-11-13-22(5)15-16-8-6-7-10-18-16/h6-8,10,17,19H,9,11-15H2,1-5H3. The van der Waals surface area contributed by atoms with Gasteiger partial charge in [-0.1, -0.05) is 6.07 Å². The Morgan fingerprint density at radius 3 is 2.41 bits per heavy atom. The Labute approximate surface area is 136 Å². The van der Waals surface area contributed by atoms with E-state index in [9.17, 15) is 0 Å². The van der Waals surface area contributed by atoms with E-state index in [0.717, 1.165) is 38.4 Å². The summed E-state index contributed by atoms with van der Waals surface area (Å²) in [5, 5.41) is 3.69. The summed E-state index contributed by atoms with van der Waals surface area (Å²) >= 11 is 0. The average Bonchev–Trinajstić information content (AvgIpc) is 2.45. The zero-order valence-electron chi connectivity index (χ0n) is 14.9. The quantitative estimate of drug-likeness (QED) is 0.659. The van der Waals surface area contributed by atoms with E-state index in [4.69, 9.17) is 0 Å². The first-order chi connectivity index (χ1) is 10.5. The van der Waals surface area contributed by atoms with Gasteiger partial charge in [0.2, 0.25) is 0 Å². The fourth-order valence-electron chi connectivity index (χ4n) is 2.42. The summed E-state index contributed by atoms with van der Waals surface area (Å²) in [6.45, 7) is 5.14. The van der Waals surface area contributed by atoms with Crippen molar-refractivity contribution in [3.05, 3.63) is 30.1 Å². The number of hydrogen-bond acceptors (Lipinski definition) is 5. The predicted molar refractivity (Wildman–Crippen MR) is 94.1 cm³/mol. The molecule has 0 saturated carbocycles. The maximum atomic E-state index is 4.38. The first kappa shape index (κ1) is 19.0. The summed E-state index contributed by atoms with van der Waals surface area (Å²) in [5.74, 6) is 0. The Bertz CT molecular complexity index is 380. The molecule has 1 rings (SSSR count). The summed E-state index contributed by atoms with van der Waals surface area (Å²) in [5.41, 5.74) is 1.13. The number of pyridine rings is 1. The molecule has 5 nitrogen and oxygen atoms in total. The first-order valence-electron chi connectivity index (χ1n) is 8.08. The summed E-state index contributed by atoms with van der Waals surface area (Å²) in [6, 6.07) is 6.63. The van der Waals surface area contributed by atoms with E-state index in [1.54, 1.807) is 0 Å². The SMILES string of the molecule is CN(C)CCC(CN(C)C)NCCN(C)Cc1ccccn1. The first-order valence-corrected chi connectivity index (χ1v) is 8.08. The normalized spacial score (nSPS) is 13.3. The molecule has 0 aliphatic carbocycles. The maximum Gasteiger partial charge on any atom is 0.0543 e. The third-order valence-corrected chi connectivity index (χ3v) is 3.59. The molecule has 1 atom stereocenters. The highest BCUT2D eigenvalue weighted by Crippen LogP contribution is 1.99. The van der Waals surface area contributed by atoms with Gasteiger partial charge in [0.15, 0.2) is 0 Å². The van der Waals surface area contributed by atoms with Gasteiger partial charge in [-0.2, -0.15) is 0 Å². The molecule has 0 aliphatic heterocycles. The summed E-state index contributed by atoms with van der Waals surface area (Å²) in [6.07, 6.45) is 3.03. The largest absolute Gasteiger partial charge is 0.311 e. The van der Waals surface area contributed by atoms with E-state index in [-0.39, 0.29) is 0 Å². The van der Waals surface area contributed by atoms with Gasteiger partial charge in [-0.05, 0) is 60.3 Å². The van der Waals surface area contributed by atoms with Gasteiger partial charge in [0, 0.05) is 38.4 Å². The van der Waals surface area contributed by atoms with Crippen molar-refractivity contribution in [3.63, 3.8) is 0 Å². The highest BCUT2D eigenvalue weighted by molar-refractivity contribution is 5.02. The molecule has 0 aromatic carbocycles. The number of rotatable bonds is 11. The minimum atomic E-state index is 0.542. The molecule has 1 aromatic rings. The van der Waals surface area contributed by atoms with Crippen LogP contribution in [0.25, 0.3) is 0 Å². The van der Waals surface area contributed by atoms with Crippen molar-refractivity contribution in [1.82, 2.24) is 25.0 Å². The van der Waals surface area contributed by atoms with Crippen LogP contribution >= 0.6 is 0 Å². The van der Waals surface area contributed by atoms with Crippen molar-refractivity contribution < 1.29 is 0 Å². The second-order valence-corrected chi connectivity index (χ2v) is 6.56. The van der Waals surface area contributed by atoms with Gasteiger partial charge in [0.25, 0.3) is 0 Å². The molecule has 22 heavy (non-hydrogen) atoms. The summed E-state index contributed by atoms with van der Waals surface area (Å²) in [7, 11) is 10.7.